The van der Waals surface area contributed by atoms with E-state index in [9.17, 15) is 14.0 Å². The van der Waals surface area contributed by atoms with Crippen LogP contribution in [0.2, 0.25) is 0 Å². The van der Waals surface area contributed by atoms with Crippen molar-refractivity contribution in [3.8, 4) is 5.75 Å². The summed E-state index contributed by atoms with van der Waals surface area (Å²) in [7, 11) is 0. The minimum atomic E-state index is -0.583. The highest BCUT2D eigenvalue weighted by molar-refractivity contribution is 7.12. The lowest BCUT2D eigenvalue weighted by Crippen LogP contribution is -2.43. The molecule has 0 fully saturated rings. The number of amides is 2. The average molecular weight is 308 g/mol. The monoisotopic (exact) mass is 308 g/mol. The van der Waals surface area contributed by atoms with Crippen LogP contribution in [0.5, 0.6) is 5.75 Å². The number of hydrazine groups is 1. The van der Waals surface area contributed by atoms with Crippen LogP contribution in [0.1, 0.15) is 15.2 Å². The van der Waals surface area contributed by atoms with E-state index >= 15 is 0 Å². The van der Waals surface area contributed by atoms with Crippen LogP contribution in [0.4, 0.5) is 4.39 Å². The van der Waals surface area contributed by atoms with E-state index in [1.165, 1.54) is 29.5 Å². The molecule has 110 valence electrons. The largest absolute Gasteiger partial charge is 0.481 e. The van der Waals surface area contributed by atoms with Gasteiger partial charge in [0.05, 0.1) is 4.88 Å². The molecule has 2 aromatic rings. The summed E-state index contributed by atoms with van der Waals surface area (Å²) >= 11 is 1.28. The summed E-state index contributed by atoms with van der Waals surface area (Å²) in [5, 5.41) is 1.79. The molecule has 0 aliphatic rings. The first kappa shape index (κ1) is 15.0. The second-order valence-corrected chi connectivity index (χ2v) is 5.07. The molecule has 1 aromatic heterocycles. The summed E-state index contributed by atoms with van der Waals surface area (Å²) in [6, 6.07) is 7.57. The summed E-state index contributed by atoms with van der Waals surface area (Å²) in [5.74, 6) is -1.56. The Bertz CT molecular complexity index is 657. The Balaban J connectivity index is 1.79. The lowest BCUT2D eigenvalue weighted by molar-refractivity contribution is -0.123. The van der Waals surface area contributed by atoms with Crippen molar-refractivity contribution >= 4 is 23.2 Å². The smallest absolute Gasteiger partial charge is 0.280 e. The lowest BCUT2D eigenvalue weighted by Gasteiger charge is -2.09. The van der Waals surface area contributed by atoms with Crippen molar-refractivity contribution in [2.45, 2.75) is 6.92 Å². The Morgan fingerprint density at radius 1 is 1.24 bits per heavy atom. The van der Waals surface area contributed by atoms with Gasteiger partial charge in [-0.3, -0.25) is 20.4 Å². The molecule has 0 atom stereocenters. The summed E-state index contributed by atoms with van der Waals surface area (Å²) in [6.07, 6.45) is 0. The molecule has 7 heteroatoms. The number of nitrogens with one attached hydrogen (secondary N) is 2. The van der Waals surface area contributed by atoms with Gasteiger partial charge in [0.15, 0.2) is 18.2 Å². The Labute approximate surface area is 124 Å². The molecule has 0 saturated heterocycles. The number of aryl methyl sites for hydroxylation is 1. The van der Waals surface area contributed by atoms with Gasteiger partial charge in [-0.15, -0.1) is 11.3 Å². The van der Waals surface area contributed by atoms with Gasteiger partial charge in [-0.2, -0.15) is 0 Å². The zero-order valence-electron chi connectivity index (χ0n) is 11.2. The summed E-state index contributed by atoms with van der Waals surface area (Å²) in [6.45, 7) is 1.40. The van der Waals surface area contributed by atoms with E-state index in [0.29, 0.717) is 4.88 Å². The van der Waals surface area contributed by atoms with Gasteiger partial charge in [-0.25, -0.2) is 4.39 Å². The summed E-state index contributed by atoms with van der Waals surface area (Å²) in [5.41, 5.74) is 5.31. The highest BCUT2D eigenvalue weighted by atomic mass is 32.1. The molecule has 0 saturated carbocycles. The van der Waals surface area contributed by atoms with Gasteiger partial charge < -0.3 is 4.74 Å². The van der Waals surface area contributed by atoms with Crippen molar-refractivity contribution in [1.29, 1.82) is 0 Å². The quantitative estimate of drug-likeness (QED) is 0.849. The minimum absolute atomic E-state index is 0.0203. The molecular formula is C14H13FN2O3S. The normalized spacial score (nSPS) is 10.0. The third-order valence-corrected chi connectivity index (χ3v) is 3.59. The molecule has 0 aliphatic heterocycles. The summed E-state index contributed by atoms with van der Waals surface area (Å²) in [4.78, 5) is 23.8. The van der Waals surface area contributed by atoms with Gasteiger partial charge in [0.1, 0.15) is 0 Å². The Morgan fingerprint density at radius 2 is 2.00 bits per heavy atom. The van der Waals surface area contributed by atoms with Crippen molar-refractivity contribution in [2.24, 2.45) is 0 Å². The maximum Gasteiger partial charge on any atom is 0.280 e. The highest BCUT2D eigenvalue weighted by Crippen LogP contribution is 2.15. The van der Waals surface area contributed by atoms with Crippen LogP contribution in [-0.4, -0.2) is 18.4 Å². The predicted molar refractivity (Wildman–Crippen MR) is 76.6 cm³/mol. The molecule has 1 heterocycles. The Kier molecular flexibility index (Phi) is 4.89. The summed E-state index contributed by atoms with van der Waals surface area (Å²) < 4.78 is 18.3. The molecule has 0 radical (unpaired) electrons. The van der Waals surface area contributed by atoms with Crippen LogP contribution in [-0.2, 0) is 4.79 Å². The van der Waals surface area contributed by atoms with Crippen molar-refractivity contribution in [2.75, 3.05) is 6.61 Å². The van der Waals surface area contributed by atoms with E-state index in [1.807, 2.05) is 6.07 Å². The molecule has 0 unspecified atom stereocenters. The van der Waals surface area contributed by atoms with Crippen molar-refractivity contribution < 1.29 is 18.7 Å². The molecule has 0 aliphatic carbocycles. The number of halogens is 1. The first-order valence-corrected chi connectivity index (χ1v) is 6.96. The molecule has 2 N–H and O–H groups in total. The molecule has 0 spiro atoms. The van der Waals surface area contributed by atoms with Crippen LogP contribution in [0.25, 0.3) is 0 Å². The second-order valence-electron chi connectivity index (χ2n) is 4.15. The number of hydrogen-bond donors (Lipinski definition) is 2. The number of benzene rings is 1. The van der Waals surface area contributed by atoms with Gasteiger partial charge in [-0.05, 0) is 36.1 Å². The average Bonchev–Trinajstić information content (AvgIpc) is 2.90. The van der Waals surface area contributed by atoms with E-state index in [4.69, 9.17) is 4.74 Å². The van der Waals surface area contributed by atoms with Crippen LogP contribution >= 0.6 is 11.3 Å². The fourth-order valence-corrected chi connectivity index (χ4v) is 2.35. The molecule has 0 bridgehead atoms. The number of para-hydroxylation sites is 1. The van der Waals surface area contributed by atoms with Gasteiger partial charge >= 0.3 is 0 Å². The zero-order chi connectivity index (χ0) is 15.2. The maximum atomic E-state index is 13.3. The van der Waals surface area contributed by atoms with Crippen molar-refractivity contribution in [3.63, 3.8) is 0 Å². The van der Waals surface area contributed by atoms with E-state index < -0.39 is 24.2 Å². The van der Waals surface area contributed by atoms with Gasteiger partial charge in [0.2, 0.25) is 0 Å². The Hall–Kier alpha value is -2.41. The molecule has 1 aromatic carbocycles. The van der Waals surface area contributed by atoms with Crippen molar-refractivity contribution in [1.82, 2.24) is 10.9 Å². The molecule has 2 rings (SSSR count). The fourth-order valence-electron chi connectivity index (χ4n) is 1.53. The number of hydrogen-bond acceptors (Lipinski definition) is 4. The van der Waals surface area contributed by atoms with Crippen LogP contribution < -0.4 is 15.6 Å². The predicted octanol–water partition coefficient (Wildman–Crippen LogP) is 2.04. The molecule has 2 amide bonds. The number of rotatable bonds is 4. The van der Waals surface area contributed by atoms with Crippen LogP contribution in [0, 0.1) is 12.7 Å². The Morgan fingerprint density at radius 3 is 2.67 bits per heavy atom. The first-order chi connectivity index (χ1) is 10.1. The highest BCUT2D eigenvalue weighted by Gasteiger charge is 2.12. The lowest BCUT2D eigenvalue weighted by atomic mass is 10.3. The van der Waals surface area contributed by atoms with Gasteiger partial charge in [0.25, 0.3) is 11.8 Å². The van der Waals surface area contributed by atoms with Crippen molar-refractivity contribution in [3.05, 3.63) is 52.0 Å². The molecule has 5 nitrogen and oxygen atoms in total. The molecule has 21 heavy (non-hydrogen) atoms. The van der Waals surface area contributed by atoms with Gasteiger partial charge in [-0.1, -0.05) is 12.1 Å². The van der Waals surface area contributed by atoms with Gasteiger partial charge in [0, 0.05) is 0 Å². The van der Waals surface area contributed by atoms with Crippen LogP contribution in [0.15, 0.2) is 35.7 Å². The number of carbonyl (C=O) groups excluding carboxylic acids is 2. The van der Waals surface area contributed by atoms with Crippen LogP contribution in [0.3, 0.4) is 0 Å². The fraction of sp³-hybridized carbons (Fsp3) is 0.143. The number of ether oxygens (including phenoxy) is 1. The standard InChI is InChI=1S/C14H13FN2O3S/c1-9-6-7-21-13(9)14(19)17-16-12(18)8-20-11-5-3-2-4-10(11)15/h2-7H,8H2,1H3,(H,16,18)(H,17,19). The van der Waals surface area contributed by atoms with E-state index in [2.05, 4.69) is 10.9 Å². The zero-order valence-corrected chi connectivity index (χ0v) is 12.0. The van der Waals surface area contributed by atoms with E-state index in [1.54, 1.807) is 18.4 Å². The van der Waals surface area contributed by atoms with E-state index in [-0.39, 0.29) is 5.75 Å². The number of thiophene rings is 1. The topological polar surface area (TPSA) is 67.4 Å². The third-order valence-electron chi connectivity index (χ3n) is 2.58. The van der Waals surface area contributed by atoms with E-state index in [0.717, 1.165) is 5.56 Å². The minimum Gasteiger partial charge on any atom is -0.481 e. The SMILES string of the molecule is Cc1ccsc1C(=O)NNC(=O)COc1ccccc1F. The molecular weight excluding hydrogens is 295 g/mol. The third kappa shape index (κ3) is 4.03. The first-order valence-electron chi connectivity index (χ1n) is 6.08. The number of carbonyl (C=O) groups is 2. The second kappa shape index (κ2) is 6.85. The maximum absolute atomic E-state index is 13.3.